The minimum atomic E-state index is -0.739. The van der Waals surface area contributed by atoms with Gasteiger partial charge in [0.15, 0.2) is 5.69 Å². The van der Waals surface area contributed by atoms with E-state index in [1.807, 2.05) is 6.07 Å². The molecule has 0 aliphatic heterocycles. The van der Waals surface area contributed by atoms with E-state index in [2.05, 4.69) is 4.74 Å². The summed E-state index contributed by atoms with van der Waals surface area (Å²) >= 11 is 24.1. The van der Waals surface area contributed by atoms with Crippen LogP contribution < -0.4 is 5.73 Å². The average Bonchev–Trinajstić information content (AvgIpc) is 2.84. The third kappa shape index (κ3) is 2.59. The third-order valence-corrected chi connectivity index (χ3v) is 4.63. The van der Waals surface area contributed by atoms with Crippen LogP contribution in [0.2, 0.25) is 20.1 Å². The van der Waals surface area contributed by atoms with Crippen molar-refractivity contribution in [1.29, 1.82) is 5.26 Å². The Labute approximate surface area is 145 Å². The van der Waals surface area contributed by atoms with Crippen LogP contribution >= 0.6 is 46.4 Å². The first kappa shape index (κ1) is 16.8. The van der Waals surface area contributed by atoms with Crippen LogP contribution in [0.15, 0.2) is 12.3 Å². The Kier molecular flexibility index (Phi) is 4.78. The Morgan fingerprint density at radius 3 is 2.45 bits per heavy atom. The summed E-state index contributed by atoms with van der Waals surface area (Å²) in [6, 6.07) is 3.28. The van der Waals surface area contributed by atoms with Gasteiger partial charge in [-0.15, -0.1) is 0 Å². The van der Waals surface area contributed by atoms with E-state index in [1.165, 1.54) is 23.9 Å². The molecule has 0 aliphatic rings. The van der Waals surface area contributed by atoms with Gasteiger partial charge in [-0.25, -0.2) is 4.79 Å². The minimum absolute atomic E-state index is 0.0208. The summed E-state index contributed by atoms with van der Waals surface area (Å²) in [5.74, 6) is -0.739. The molecule has 0 saturated heterocycles. The van der Waals surface area contributed by atoms with Gasteiger partial charge in [-0.3, -0.25) is 0 Å². The molecule has 0 amide bonds. The lowest BCUT2D eigenvalue weighted by molar-refractivity contribution is 0.0593. The van der Waals surface area contributed by atoms with Crippen molar-refractivity contribution in [2.75, 3.05) is 12.8 Å². The number of aromatic nitrogens is 1. The van der Waals surface area contributed by atoms with E-state index in [-0.39, 0.29) is 42.7 Å². The molecule has 114 valence electrons. The number of hydrogen-bond acceptors (Lipinski definition) is 4. The van der Waals surface area contributed by atoms with Crippen molar-refractivity contribution in [1.82, 2.24) is 4.57 Å². The van der Waals surface area contributed by atoms with Crippen molar-refractivity contribution in [3.8, 4) is 11.8 Å². The zero-order valence-electron chi connectivity index (χ0n) is 11.0. The Bertz CT molecular complexity index is 824. The Hall–Kier alpha value is -1.58. The molecule has 1 aromatic heterocycles. The second-order valence-electron chi connectivity index (χ2n) is 4.10. The number of nitrogens with two attached hydrogens (primary N) is 1. The Morgan fingerprint density at radius 2 is 1.91 bits per heavy atom. The first-order valence-electron chi connectivity index (χ1n) is 5.66. The average molecular weight is 379 g/mol. The van der Waals surface area contributed by atoms with E-state index in [9.17, 15) is 4.79 Å². The van der Waals surface area contributed by atoms with Gasteiger partial charge in [0, 0.05) is 6.20 Å². The molecule has 2 N–H and O–H groups in total. The summed E-state index contributed by atoms with van der Waals surface area (Å²) in [6.45, 7) is 0. The quantitative estimate of drug-likeness (QED) is 0.479. The van der Waals surface area contributed by atoms with Crippen LogP contribution in [0.1, 0.15) is 16.1 Å². The van der Waals surface area contributed by atoms with Crippen molar-refractivity contribution in [3.63, 3.8) is 0 Å². The maximum absolute atomic E-state index is 11.9. The van der Waals surface area contributed by atoms with Gasteiger partial charge in [0.2, 0.25) is 0 Å². The number of rotatable bonds is 2. The van der Waals surface area contributed by atoms with Crippen LogP contribution in [-0.4, -0.2) is 17.6 Å². The largest absolute Gasteiger partial charge is 0.464 e. The van der Waals surface area contributed by atoms with Gasteiger partial charge in [-0.05, 0) is 6.07 Å². The van der Waals surface area contributed by atoms with Gasteiger partial charge in [0.05, 0.1) is 44.1 Å². The van der Waals surface area contributed by atoms with E-state index < -0.39 is 5.97 Å². The highest BCUT2D eigenvalue weighted by molar-refractivity contribution is 6.52. The van der Waals surface area contributed by atoms with E-state index in [0.717, 1.165) is 0 Å². The Morgan fingerprint density at radius 1 is 1.27 bits per heavy atom. The number of esters is 1. The molecule has 0 fully saturated rings. The lowest BCUT2D eigenvalue weighted by Gasteiger charge is -2.13. The van der Waals surface area contributed by atoms with Crippen LogP contribution in [0.4, 0.5) is 5.69 Å². The maximum Gasteiger partial charge on any atom is 0.357 e. The second-order valence-corrected chi connectivity index (χ2v) is 5.64. The molecule has 0 saturated carbocycles. The molecule has 0 bridgehead atoms. The van der Waals surface area contributed by atoms with Crippen LogP contribution in [0.5, 0.6) is 0 Å². The zero-order valence-corrected chi connectivity index (χ0v) is 14.0. The third-order valence-electron chi connectivity index (χ3n) is 2.89. The van der Waals surface area contributed by atoms with Crippen molar-refractivity contribution in [3.05, 3.63) is 43.6 Å². The summed E-state index contributed by atoms with van der Waals surface area (Å²) in [4.78, 5) is 11.9. The highest BCUT2D eigenvalue weighted by Crippen LogP contribution is 2.41. The van der Waals surface area contributed by atoms with Crippen LogP contribution in [0.3, 0.4) is 0 Å². The van der Waals surface area contributed by atoms with Gasteiger partial charge in [-0.2, -0.15) is 5.26 Å². The molecule has 0 radical (unpaired) electrons. The number of hydrogen-bond donors (Lipinski definition) is 1. The molecule has 5 nitrogen and oxygen atoms in total. The molecule has 2 rings (SSSR count). The summed E-state index contributed by atoms with van der Waals surface area (Å²) < 4.78 is 5.96. The Balaban J connectivity index is 2.85. The molecule has 9 heteroatoms. The van der Waals surface area contributed by atoms with Crippen molar-refractivity contribution in [2.45, 2.75) is 0 Å². The lowest BCUT2D eigenvalue weighted by atomic mass is 10.2. The molecule has 0 spiro atoms. The van der Waals surface area contributed by atoms with Crippen LogP contribution in [0, 0.1) is 11.3 Å². The number of nitrogens with zero attached hydrogens (tertiary/aromatic N) is 2. The maximum atomic E-state index is 11.9. The number of ether oxygens (including phenoxy) is 1. The fraction of sp³-hybridized carbons (Fsp3) is 0.0769. The first-order chi connectivity index (χ1) is 10.3. The molecule has 22 heavy (non-hydrogen) atoms. The second kappa shape index (κ2) is 6.27. The predicted octanol–water partition coefficient (Wildman–Crippen LogP) is 4.33. The summed E-state index contributed by atoms with van der Waals surface area (Å²) in [6.07, 6.45) is 1.34. The number of benzene rings is 1. The van der Waals surface area contributed by atoms with Crippen molar-refractivity contribution >= 4 is 58.1 Å². The fourth-order valence-electron chi connectivity index (χ4n) is 1.84. The van der Waals surface area contributed by atoms with Gasteiger partial charge in [0.1, 0.15) is 6.07 Å². The number of methoxy groups -OCH3 is 1. The van der Waals surface area contributed by atoms with Gasteiger partial charge >= 0.3 is 5.97 Å². The number of anilines is 1. The highest BCUT2D eigenvalue weighted by atomic mass is 35.5. The normalized spacial score (nSPS) is 10.4. The summed E-state index contributed by atoms with van der Waals surface area (Å²) in [5, 5.41) is 9.37. The van der Waals surface area contributed by atoms with Gasteiger partial charge < -0.3 is 15.0 Å². The van der Waals surface area contributed by atoms with Gasteiger partial charge in [-0.1, -0.05) is 46.4 Å². The lowest BCUT2D eigenvalue weighted by Crippen LogP contribution is -2.11. The van der Waals surface area contributed by atoms with E-state index in [0.29, 0.717) is 0 Å². The highest BCUT2D eigenvalue weighted by Gasteiger charge is 2.24. The number of nitrogen functional groups attached to an aromatic ring is 1. The molecule has 2 aromatic rings. The fourth-order valence-corrected chi connectivity index (χ4v) is 2.72. The van der Waals surface area contributed by atoms with Crippen molar-refractivity contribution < 1.29 is 9.53 Å². The van der Waals surface area contributed by atoms with E-state index in [4.69, 9.17) is 57.4 Å². The summed E-state index contributed by atoms with van der Waals surface area (Å²) in [5.41, 5.74) is 6.04. The first-order valence-corrected chi connectivity index (χ1v) is 7.17. The minimum Gasteiger partial charge on any atom is -0.464 e. The number of halogens is 4. The van der Waals surface area contributed by atoms with Crippen LogP contribution in [-0.2, 0) is 4.74 Å². The number of nitriles is 1. The summed E-state index contributed by atoms with van der Waals surface area (Å²) in [7, 11) is 1.19. The predicted molar refractivity (Wildman–Crippen MR) is 86.3 cm³/mol. The molecular formula is C13H7Cl4N3O2. The molecule has 1 heterocycles. The zero-order chi connectivity index (χ0) is 16.6. The standard InChI is InChI=1S/C13H7Cl4N3O2/c1-22-13(21)12-11(19)5(3-18)4-20(12)7-2-6(14)8(15)10(17)9(7)16/h2,4H,19H2,1H3. The number of carbonyl (C=O) groups excluding carboxylic acids is 1. The van der Waals surface area contributed by atoms with Gasteiger partial charge in [0.25, 0.3) is 0 Å². The van der Waals surface area contributed by atoms with E-state index >= 15 is 0 Å². The monoisotopic (exact) mass is 377 g/mol. The molecular weight excluding hydrogens is 372 g/mol. The molecule has 0 atom stereocenters. The topological polar surface area (TPSA) is 81.0 Å². The SMILES string of the molecule is COC(=O)c1c(N)c(C#N)cn1-c1cc(Cl)c(Cl)c(Cl)c1Cl. The molecule has 0 unspecified atom stereocenters. The number of carbonyl (C=O) groups is 1. The molecule has 1 aromatic carbocycles. The van der Waals surface area contributed by atoms with Crippen LogP contribution in [0.25, 0.3) is 5.69 Å². The van der Waals surface area contributed by atoms with E-state index in [1.54, 1.807) is 0 Å². The molecule has 0 aliphatic carbocycles. The smallest absolute Gasteiger partial charge is 0.357 e. The van der Waals surface area contributed by atoms with Crippen molar-refractivity contribution in [2.24, 2.45) is 0 Å².